The average Bonchev–Trinajstić information content (AvgIpc) is 3.32. The average molecular weight is 915 g/mol. The minimum Gasteiger partial charge on any atom is -0.492 e. The van der Waals surface area contributed by atoms with Gasteiger partial charge >= 0.3 is 0 Å². The predicted molar refractivity (Wildman–Crippen MR) is 257 cm³/mol. The summed E-state index contributed by atoms with van der Waals surface area (Å²) in [6.07, 6.45) is 6.86. The summed E-state index contributed by atoms with van der Waals surface area (Å²) in [6, 6.07) is 18.4. The number of hydrogen-bond donors (Lipinski definition) is 4. The number of Topliss-reactive ketones (excluding diaryl/α,β-unsaturated/α-hetero) is 3. The molecule has 15 heteroatoms. The lowest BCUT2D eigenvalue weighted by Gasteiger charge is -2.32. The monoisotopic (exact) mass is 915 g/mol. The van der Waals surface area contributed by atoms with Crippen molar-refractivity contribution in [2.75, 3.05) is 39.9 Å². The number of rotatable bonds is 22. The molecule has 0 fully saturated rings. The Balaban J connectivity index is 1.51. The van der Waals surface area contributed by atoms with Crippen molar-refractivity contribution in [3.8, 4) is 40.1 Å². The summed E-state index contributed by atoms with van der Waals surface area (Å²) in [6.45, 7) is 6.38. The first-order valence-electron chi connectivity index (χ1n) is 23.4. The number of likely N-dealkylation sites (N-methyl/N-ethyl adjacent to an activating group) is 1. The van der Waals surface area contributed by atoms with Crippen LogP contribution in [0.2, 0.25) is 0 Å². The second-order valence-corrected chi connectivity index (χ2v) is 17.3. The van der Waals surface area contributed by atoms with E-state index in [-0.39, 0.29) is 88.5 Å². The number of carbonyl (C=O) groups is 5. The number of fused-ring (bicyclic) bond motifs is 5. The van der Waals surface area contributed by atoms with E-state index in [0.29, 0.717) is 45.3 Å². The van der Waals surface area contributed by atoms with Gasteiger partial charge in [-0.2, -0.15) is 5.26 Å². The van der Waals surface area contributed by atoms with Crippen molar-refractivity contribution in [1.82, 2.24) is 20.2 Å². The summed E-state index contributed by atoms with van der Waals surface area (Å²) in [5.74, 6) is -2.66. The summed E-state index contributed by atoms with van der Waals surface area (Å²) in [5.41, 5.74) is 22.8. The fourth-order valence-electron chi connectivity index (χ4n) is 8.43. The fraction of sp³-hybridized carbons (Fsp3) is 0.462. The SMILES string of the molecule is CCCCCCc1ccc(-c2ncc(C(=O)C[C@@H](CCN)C(=O)N(C)[C@@H]3C(=O)C[C@@H](C)C(=O)N[C@H](C(=O)CCC#N)Cc4ccc(OCCN)c(c4)-c4cc3ccc4OCCN)c(C)n2)cc1. The number of amides is 2. The van der Waals surface area contributed by atoms with E-state index in [1.807, 2.05) is 24.3 Å². The van der Waals surface area contributed by atoms with Crippen LogP contribution in [-0.2, 0) is 32.0 Å². The van der Waals surface area contributed by atoms with Crippen LogP contribution in [0.4, 0.5) is 0 Å². The van der Waals surface area contributed by atoms with E-state index in [9.17, 15) is 29.2 Å². The smallest absolute Gasteiger partial charge is 0.226 e. The zero-order valence-corrected chi connectivity index (χ0v) is 39.4. The number of ether oxygens (including phenoxy) is 2. The number of nitrogens with zero attached hydrogens (tertiary/aromatic N) is 4. The number of hydrogen-bond acceptors (Lipinski definition) is 13. The first-order valence-corrected chi connectivity index (χ1v) is 23.4. The molecule has 0 saturated carbocycles. The molecule has 5 rings (SSSR count). The lowest BCUT2D eigenvalue weighted by Crippen LogP contribution is -2.46. The van der Waals surface area contributed by atoms with Gasteiger partial charge in [0.15, 0.2) is 23.2 Å². The number of unbranched alkanes of at least 4 members (excludes halogenated alkanes) is 3. The molecule has 0 unspecified atom stereocenters. The van der Waals surface area contributed by atoms with Crippen molar-refractivity contribution in [3.63, 3.8) is 0 Å². The molecule has 4 bridgehead atoms. The van der Waals surface area contributed by atoms with E-state index in [1.165, 1.54) is 43.0 Å². The van der Waals surface area contributed by atoms with E-state index in [0.717, 1.165) is 18.4 Å². The van der Waals surface area contributed by atoms with Crippen LogP contribution in [0.1, 0.15) is 110 Å². The highest BCUT2D eigenvalue weighted by Gasteiger charge is 2.36. The Morgan fingerprint density at radius 1 is 0.910 bits per heavy atom. The normalized spacial score (nSPS) is 16.5. The van der Waals surface area contributed by atoms with E-state index in [2.05, 4.69) is 34.3 Å². The molecule has 0 aliphatic carbocycles. The molecule has 2 heterocycles. The Bertz CT molecular complexity index is 2400. The quantitative estimate of drug-likeness (QED) is 0.0510. The van der Waals surface area contributed by atoms with Gasteiger partial charge in [0.25, 0.3) is 0 Å². The van der Waals surface area contributed by atoms with Gasteiger partial charge in [-0.3, -0.25) is 24.0 Å². The number of ketones is 3. The molecule has 4 atom stereocenters. The molecule has 1 aliphatic rings. The zero-order chi connectivity index (χ0) is 48.5. The largest absolute Gasteiger partial charge is 0.492 e. The van der Waals surface area contributed by atoms with Crippen LogP contribution >= 0.6 is 0 Å². The topological polar surface area (TPSA) is 247 Å². The molecule has 356 valence electrons. The Morgan fingerprint density at radius 3 is 2.24 bits per heavy atom. The fourth-order valence-corrected chi connectivity index (χ4v) is 8.43. The Hall–Kier alpha value is -6.34. The number of benzene rings is 3. The number of aryl methyl sites for hydroxylation is 2. The molecule has 0 saturated heterocycles. The molecule has 3 aromatic carbocycles. The maximum Gasteiger partial charge on any atom is 0.226 e. The molecule has 1 aliphatic heterocycles. The number of nitriles is 1. The van der Waals surface area contributed by atoms with E-state index >= 15 is 0 Å². The molecule has 0 spiro atoms. The molecular formula is C52H66N8O7. The van der Waals surface area contributed by atoms with Gasteiger partial charge in [0, 0.05) is 80.5 Å². The van der Waals surface area contributed by atoms with Gasteiger partial charge in [-0.25, -0.2) is 9.97 Å². The van der Waals surface area contributed by atoms with Crippen LogP contribution < -0.4 is 32.0 Å². The molecule has 7 N–H and O–H groups in total. The second-order valence-electron chi connectivity index (χ2n) is 17.3. The van der Waals surface area contributed by atoms with Gasteiger partial charge in [-0.1, -0.05) is 69.5 Å². The van der Waals surface area contributed by atoms with Crippen molar-refractivity contribution in [2.45, 2.75) is 103 Å². The second kappa shape index (κ2) is 25.5. The van der Waals surface area contributed by atoms with Crippen LogP contribution in [0.3, 0.4) is 0 Å². The van der Waals surface area contributed by atoms with Gasteiger partial charge in [-0.15, -0.1) is 0 Å². The number of nitrogens with one attached hydrogen (secondary N) is 1. The maximum absolute atomic E-state index is 14.8. The predicted octanol–water partition coefficient (Wildman–Crippen LogP) is 6.16. The Labute approximate surface area is 394 Å². The first kappa shape index (κ1) is 51.6. The van der Waals surface area contributed by atoms with Crippen molar-refractivity contribution >= 4 is 29.2 Å². The summed E-state index contributed by atoms with van der Waals surface area (Å²) >= 11 is 0. The summed E-state index contributed by atoms with van der Waals surface area (Å²) in [7, 11) is 1.51. The standard InChI is InChI=1S/C52H66N8O7/c1-5-6-7-8-10-35-12-15-37(16-13-35)50-57-32-42(34(3)58-50)45(62)31-39(20-22-54)52(65)60(4)49-38-17-19-48(67-26-24-56)41(30-38)40-28-36(14-18-47(40)66-25-23-55)29-43(44(61)11-9-21-53)59-51(64)33(2)27-46(49)63/h12-19,28,30,32-33,39,43,49H,5-11,20,22-27,29,31,54-56H2,1-4H3,(H,59,64)/t33-,39-,43+,49+/m1/s1. The highest BCUT2D eigenvalue weighted by atomic mass is 16.5. The van der Waals surface area contributed by atoms with Crippen LogP contribution in [0.5, 0.6) is 11.5 Å². The highest BCUT2D eigenvalue weighted by Crippen LogP contribution is 2.41. The summed E-state index contributed by atoms with van der Waals surface area (Å²) < 4.78 is 12.3. The van der Waals surface area contributed by atoms with Crippen LogP contribution in [-0.4, -0.2) is 90.0 Å². The van der Waals surface area contributed by atoms with Gasteiger partial charge < -0.3 is 36.9 Å². The van der Waals surface area contributed by atoms with Crippen molar-refractivity contribution in [3.05, 3.63) is 94.8 Å². The minimum absolute atomic E-state index is 0.0300. The van der Waals surface area contributed by atoms with Gasteiger partial charge in [0.2, 0.25) is 11.8 Å². The molecule has 2 amide bonds. The molecule has 1 aromatic heterocycles. The van der Waals surface area contributed by atoms with E-state index < -0.39 is 41.5 Å². The first-order chi connectivity index (χ1) is 32.3. The molecule has 15 nitrogen and oxygen atoms in total. The van der Waals surface area contributed by atoms with Gasteiger partial charge in [0.1, 0.15) is 30.8 Å². The lowest BCUT2D eigenvalue weighted by atomic mass is 9.88. The number of carbonyl (C=O) groups excluding carboxylic acids is 5. The Morgan fingerprint density at radius 2 is 1.60 bits per heavy atom. The molecule has 0 radical (unpaired) electrons. The van der Waals surface area contributed by atoms with Crippen molar-refractivity contribution in [1.29, 1.82) is 5.26 Å². The van der Waals surface area contributed by atoms with Crippen LogP contribution in [0.25, 0.3) is 22.5 Å². The van der Waals surface area contributed by atoms with Crippen LogP contribution in [0, 0.1) is 30.1 Å². The van der Waals surface area contributed by atoms with Gasteiger partial charge in [0.05, 0.1) is 23.4 Å². The molecular weight excluding hydrogens is 849 g/mol. The maximum atomic E-state index is 14.8. The summed E-state index contributed by atoms with van der Waals surface area (Å²) in [4.78, 5) is 81.4. The van der Waals surface area contributed by atoms with E-state index in [1.54, 1.807) is 44.2 Å². The number of nitrogens with two attached hydrogens (primary N) is 3. The lowest BCUT2D eigenvalue weighted by molar-refractivity contribution is -0.142. The molecule has 4 aromatic rings. The Kier molecular flexibility index (Phi) is 19.7. The third-order valence-electron chi connectivity index (χ3n) is 12.1. The van der Waals surface area contributed by atoms with Crippen LogP contribution in [0.15, 0.2) is 66.9 Å². The van der Waals surface area contributed by atoms with E-state index in [4.69, 9.17) is 26.7 Å². The molecule has 67 heavy (non-hydrogen) atoms. The minimum atomic E-state index is -1.24. The zero-order valence-electron chi connectivity index (χ0n) is 39.4. The summed E-state index contributed by atoms with van der Waals surface area (Å²) in [5, 5.41) is 12.1. The highest BCUT2D eigenvalue weighted by molar-refractivity contribution is 6.00. The third-order valence-corrected chi connectivity index (χ3v) is 12.1. The van der Waals surface area contributed by atoms with Crippen molar-refractivity contribution < 1.29 is 33.4 Å². The third kappa shape index (κ3) is 13.9. The number of aromatic nitrogens is 2. The van der Waals surface area contributed by atoms with Gasteiger partial charge in [-0.05, 0) is 80.1 Å². The van der Waals surface area contributed by atoms with Crippen molar-refractivity contribution in [2.24, 2.45) is 29.0 Å².